The van der Waals surface area contributed by atoms with Gasteiger partial charge in [-0.3, -0.25) is 9.59 Å². The third-order valence-corrected chi connectivity index (χ3v) is 5.93. The van der Waals surface area contributed by atoms with Crippen LogP contribution in [0.4, 0.5) is 0 Å². The highest BCUT2D eigenvalue weighted by Gasteiger charge is 2.31. The number of benzene rings is 3. The summed E-state index contributed by atoms with van der Waals surface area (Å²) in [5, 5.41) is 0. The minimum absolute atomic E-state index is 0.0744. The quantitative estimate of drug-likeness (QED) is 0.438. The lowest BCUT2D eigenvalue weighted by Crippen LogP contribution is -2.21. The highest BCUT2D eigenvalue weighted by Crippen LogP contribution is 2.37. The third-order valence-electron chi connectivity index (χ3n) is 4.86. The summed E-state index contributed by atoms with van der Waals surface area (Å²) < 4.78 is 0. The van der Waals surface area contributed by atoms with Gasteiger partial charge < -0.3 is 0 Å². The maximum absolute atomic E-state index is 13.1. The van der Waals surface area contributed by atoms with Crippen molar-refractivity contribution in [3.05, 3.63) is 94.5 Å². The van der Waals surface area contributed by atoms with E-state index in [1.165, 1.54) is 17.3 Å². The molecule has 0 heterocycles. The van der Waals surface area contributed by atoms with Crippen molar-refractivity contribution < 1.29 is 9.59 Å². The summed E-state index contributed by atoms with van der Waals surface area (Å²) in [5.74, 6) is -0.152. The molecule has 0 atom stereocenters. The Kier molecular flexibility index (Phi) is 4.27. The summed E-state index contributed by atoms with van der Waals surface area (Å²) in [7, 11) is 0. The number of hydrogen-bond acceptors (Lipinski definition) is 3. The first-order valence-electron chi connectivity index (χ1n) is 8.96. The first-order valence-corrected chi connectivity index (χ1v) is 9.78. The van der Waals surface area contributed by atoms with E-state index >= 15 is 0 Å². The van der Waals surface area contributed by atoms with Crippen LogP contribution in [-0.2, 0) is 5.41 Å². The Morgan fingerprint density at radius 3 is 1.89 bits per heavy atom. The van der Waals surface area contributed by atoms with Crippen LogP contribution in [0.2, 0.25) is 0 Å². The van der Waals surface area contributed by atoms with Crippen LogP contribution in [0, 0.1) is 0 Å². The smallest absolute Gasteiger partial charge is 0.195 e. The third kappa shape index (κ3) is 3.13. The molecule has 2 nitrogen and oxygen atoms in total. The normalized spacial score (nSPS) is 13.3. The molecule has 0 aliphatic heterocycles. The predicted molar refractivity (Wildman–Crippen MR) is 109 cm³/mol. The minimum Gasteiger partial charge on any atom is -0.289 e. The molecule has 0 radical (unpaired) electrons. The highest BCUT2D eigenvalue weighted by atomic mass is 32.2. The average molecular weight is 372 g/mol. The lowest BCUT2D eigenvalue weighted by molar-refractivity contribution is 0.0977. The molecule has 0 bridgehead atoms. The molecule has 3 aromatic carbocycles. The molecule has 0 amide bonds. The van der Waals surface area contributed by atoms with E-state index in [1.807, 2.05) is 12.1 Å². The van der Waals surface area contributed by atoms with Crippen molar-refractivity contribution in [2.45, 2.75) is 36.0 Å². The van der Waals surface area contributed by atoms with Gasteiger partial charge in [0.1, 0.15) is 0 Å². The standard InChI is InChI=1S/C24H20O2S/c1-24(2,3)15-11-13-16(14-12-15)27-20-10-6-9-19-21(20)23(26)18-8-5-4-7-17(18)22(19)25/h4-14H,1-3H3. The topological polar surface area (TPSA) is 34.1 Å². The van der Waals surface area contributed by atoms with Gasteiger partial charge in [-0.05, 0) is 29.2 Å². The second kappa shape index (κ2) is 6.50. The number of ketones is 2. The largest absolute Gasteiger partial charge is 0.289 e. The average Bonchev–Trinajstić information content (AvgIpc) is 2.66. The lowest BCUT2D eigenvalue weighted by atomic mass is 9.84. The Balaban J connectivity index is 1.74. The van der Waals surface area contributed by atoms with E-state index in [-0.39, 0.29) is 17.0 Å². The molecule has 1 aliphatic carbocycles. The fraction of sp³-hybridized carbons (Fsp3) is 0.167. The van der Waals surface area contributed by atoms with E-state index in [2.05, 4.69) is 45.0 Å². The summed E-state index contributed by atoms with van der Waals surface area (Å²) in [6.07, 6.45) is 0. The lowest BCUT2D eigenvalue weighted by Gasteiger charge is -2.20. The van der Waals surface area contributed by atoms with E-state index < -0.39 is 0 Å². The number of hydrogen-bond donors (Lipinski definition) is 0. The van der Waals surface area contributed by atoms with Gasteiger partial charge in [0, 0.05) is 32.0 Å². The van der Waals surface area contributed by atoms with E-state index in [4.69, 9.17) is 0 Å². The molecule has 27 heavy (non-hydrogen) atoms. The van der Waals surface area contributed by atoms with E-state index in [0.717, 1.165) is 9.79 Å². The van der Waals surface area contributed by atoms with Crippen LogP contribution in [0.15, 0.2) is 76.5 Å². The molecule has 0 N–H and O–H groups in total. The maximum atomic E-state index is 13.1. The Morgan fingerprint density at radius 2 is 1.26 bits per heavy atom. The van der Waals surface area contributed by atoms with Crippen molar-refractivity contribution in [2.24, 2.45) is 0 Å². The molecule has 4 rings (SSSR count). The van der Waals surface area contributed by atoms with Gasteiger partial charge >= 0.3 is 0 Å². The molecule has 1 aliphatic rings. The fourth-order valence-corrected chi connectivity index (χ4v) is 4.33. The summed E-state index contributed by atoms with van der Waals surface area (Å²) in [6.45, 7) is 6.55. The molecule has 0 spiro atoms. The predicted octanol–water partition coefficient (Wildman–Crippen LogP) is 5.91. The Hall–Kier alpha value is -2.65. The first kappa shape index (κ1) is 17.7. The zero-order valence-corrected chi connectivity index (χ0v) is 16.4. The monoisotopic (exact) mass is 372 g/mol. The van der Waals surface area contributed by atoms with Gasteiger partial charge in [0.25, 0.3) is 0 Å². The SMILES string of the molecule is CC(C)(C)c1ccc(Sc2cccc3c2C(=O)c2ccccc2C3=O)cc1. The Bertz CT molecular complexity index is 1060. The molecule has 0 fully saturated rings. The van der Waals surface area contributed by atoms with Crippen molar-refractivity contribution in [3.8, 4) is 0 Å². The molecular weight excluding hydrogens is 352 g/mol. The van der Waals surface area contributed by atoms with Crippen LogP contribution in [0.5, 0.6) is 0 Å². The Morgan fingerprint density at radius 1 is 0.667 bits per heavy atom. The van der Waals surface area contributed by atoms with Gasteiger partial charge in [-0.2, -0.15) is 0 Å². The van der Waals surface area contributed by atoms with Gasteiger partial charge in [-0.1, -0.05) is 81.1 Å². The maximum Gasteiger partial charge on any atom is 0.195 e. The molecule has 3 heteroatoms. The van der Waals surface area contributed by atoms with Crippen LogP contribution in [0.1, 0.15) is 58.2 Å². The van der Waals surface area contributed by atoms with Crippen LogP contribution < -0.4 is 0 Å². The molecule has 0 saturated heterocycles. The van der Waals surface area contributed by atoms with Crippen LogP contribution >= 0.6 is 11.8 Å². The zero-order chi connectivity index (χ0) is 19.2. The second-order valence-corrected chi connectivity index (χ2v) is 8.87. The summed E-state index contributed by atoms with van der Waals surface area (Å²) in [6, 6.07) is 21.0. The zero-order valence-electron chi connectivity index (χ0n) is 15.6. The summed E-state index contributed by atoms with van der Waals surface area (Å²) in [5.41, 5.74) is 3.36. The van der Waals surface area contributed by atoms with Gasteiger partial charge in [-0.25, -0.2) is 0 Å². The number of rotatable bonds is 2. The summed E-state index contributed by atoms with van der Waals surface area (Å²) in [4.78, 5) is 27.8. The highest BCUT2D eigenvalue weighted by molar-refractivity contribution is 7.99. The van der Waals surface area contributed by atoms with Crippen LogP contribution in [0.25, 0.3) is 0 Å². The van der Waals surface area contributed by atoms with Gasteiger partial charge in [0.05, 0.1) is 0 Å². The van der Waals surface area contributed by atoms with E-state index in [9.17, 15) is 9.59 Å². The van der Waals surface area contributed by atoms with Crippen LogP contribution in [0.3, 0.4) is 0 Å². The first-order chi connectivity index (χ1) is 12.9. The van der Waals surface area contributed by atoms with Crippen molar-refractivity contribution in [1.82, 2.24) is 0 Å². The van der Waals surface area contributed by atoms with E-state index in [1.54, 1.807) is 30.3 Å². The molecule has 0 unspecified atom stereocenters. The fourth-order valence-electron chi connectivity index (χ4n) is 3.35. The van der Waals surface area contributed by atoms with Crippen LogP contribution in [-0.4, -0.2) is 11.6 Å². The summed E-state index contributed by atoms with van der Waals surface area (Å²) >= 11 is 1.53. The van der Waals surface area contributed by atoms with Crippen molar-refractivity contribution in [2.75, 3.05) is 0 Å². The number of carbonyl (C=O) groups excluding carboxylic acids is 2. The molecular formula is C24H20O2S. The molecule has 3 aromatic rings. The Labute approximate surface area is 163 Å². The van der Waals surface area contributed by atoms with Crippen molar-refractivity contribution in [1.29, 1.82) is 0 Å². The molecule has 0 aromatic heterocycles. The van der Waals surface area contributed by atoms with Gasteiger partial charge in [0.15, 0.2) is 11.6 Å². The van der Waals surface area contributed by atoms with Gasteiger partial charge in [-0.15, -0.1) is 0 Å². The van der Waals surface area contributed by atoms with Crippen molar-refractivity contribution >= 4 is 23.3 Å². The second-order valence-electron chi connectivity index (χ2n) is 7.76. The number of carbonyl (C=O) groups is 2. The molecule has 134 valence electrons. The van der Waals surface area contributed by atoms with Crippen molar-refractivity contribution in [3.63, 3.8) is 0 Å². The van der Waals surface area contributed by atoms with Gasteiger partial charge in [0.2, 0.25) is 0 Å². The van der Waals surface area contributed by atoms with E-state index in [0.29, 0.717) is 22.3 Å². The molecule has 0 saturated carbocycles. The minimum atomic E-state index is -0.0780. The number of fused-ring (bicyclic) bond motifs is 2.